The van der Waals surface area contributed by atoms with Crippen molar-refractivity contribution < 1.29 is 0 Å². The van der Waals surface area contributed by atoms with Gasteiger partial charge in [-0.3, -0.25) is 4.68 Å². The van der Waals surface area contributed by atoms with E-state index in [9.17, 15) is 0 Å². The summed E-state index contributed by atoms with van der Waals surface area (Å²) in [7, 11) is 6.25. The number of rotatable bonds is 4. The molecule has 4 rings (SSSR count). The third-order valence-electron chi connectivity index (χ3n) is 4.89. The molecule has 0 N–H and O–H groups in total. The lowest BCUT2D eigenvalue weighted by atomic mass is 9.77. The van der Waals surface area contributed by atoms with Gasteiger partial charge in [-0.2, -0.15) is 10.2 Å². The van der Waals surface area contributed by atoms with Crippen LogP contribution in [0.1, 0.15) is 18.5 Å². The Hall–Kier alpha value is -2.21. The Labute approximate surface area is 135 Å². The van der Waals surface area contributed by atoms with Crippen molar-refractivity contribution in [3.8, 4) is 11.3 Å². The second kappa shape index (κ2) is 5.45. The van der Waals surface area contributed by atoms with Crippen LogP contribution in [-0.4, -0.2) is 49.4 Å². The molecular formula is C17H22N6. The maximum Gasteiger partial charge on any atom is 0.0921 e. The summed E-state index contributed by atoms with van der Waals surface area (Å²) >= 11 is 0. The van der Waals surface area contributed by atoms with Crippen molar-refractivity contribution in [3.63, 3.8) is 0 Å². The highest BCUT2D eigenvalue weighted by molar-refractivity contribution is 5.61. The number of aryl methyl sites for hydroxylation is 1. The summed E-state index contributed by atoms with van der Waals surface area (Å²) in [6.45, 7) is 0. The fourth-order valence-corrected chi connectivity index (χ4v) is 3.40. The molecule has 1 fully saturated rings. The quantitative estimate of drug-likeness (QED) is 0.740. The Morgan fingerprint density at radius 3 is 2.74 bits per heavy atom. The van der Waals surface area contributed by atoms with Gasteiger partial charge in [0, 0.05) is 24.8 Å². The first-order chi connectivity index (χ1) is 11.1. The van der Waals surface area contributed by atoms with Gasteiger partial charge in [0.05, 0.1) is 35.5 Å². The van der Waals surface area contributed by atoms with Crippen molar-refractivity contribution in [1.29, 1.82) is 0 Å². The summed E-state index contributed by atoms with van der Waals surface area (Å²) in [5, 5.41) is 8.66. The zero-order chi connectivity index (χ0) is 16.0. The van der Waals surface area contributed by atoms with Crippen LogP contribution in [0.5, 0.6) is 0 Å². The smallest absolute Gasteiger partial charge is 0.0921 e. The van der Waals surface area contributed by atoms with Gasteiger partial charge in [0.2, 0.25) is 0 Å². The summed E-state index contributed by atoms with van der Waals surface area (Å²) in [5.41, 5.74) is 4.23. The van der Waals surface area contributed by atoms with Crippen LogP contribution in [0.15, 0.2) is 30.9 Å². The minimum absolute atomic E-state index is 0.720. The fraction of sp³-hybridized carbons (Fsp3) is 0.471. The number of fused-ring (bicyclic) bond motifs is 1. The molecule has 120 valence electrons. The SMILES string of the molecule is CN(C)C1CC(Cc2nc(-c3cnn(C)c3)cn3nccc23)C1. The van der Waals surface area contributed by atoms with Crippen LogP contribution in [0.3, 0.4) is 0 Å². The first kappa shape index (κ1) is 14.4. The highest BCUT2D eigenvalue weighted by Crippen LogP contribution is 2.34. The number of hydrogen-bond donors (Lipinski definition) is 0. The first-order valence-corrected chi connectivity index (χ1v) is 8.09. The lowest BCUT2D eigenvalue weighted by Crippen LogP contribution is -2.41. The minimum atomic E-state index is 0.720. The molecule has 0 aromatic carbocycles. The average Bonchev–Trinajstić information content (AvgIpc) is 3.09. The lowest BCUT2D eigenvalue weighted by molar-refractivity contribution is 0.123. The van der Waals surface area contributed by atoms with Crippen LogP contribution in [0.2, 0.25) is 0 Å². The molecule has 0 unspecified atom stereocenters. The standard InChI is InChI=1S/C17H22N6/c1-21(2)14-6-12(7-14)8-15-17-4-5-18-23(17)11-16(20-15)13-9-19-22(3)10-13/h4-5,9-12,14H,6-8H2,1-3H3. The zero-order valence-corrected chi connectivity index (χ0v) is 13.8. The maximum atomic E-state index is 4.92. The molecule has 0 atom stereocenters. The molecule has 3 heterocycles. The Morgan fingerprint density at radius 1 is 1.22 bits per heavy atom. The van der Waals surface area contributed by atoms with Gasteiger partial charge in [-0.1, -0.05) is 0 Å². The zero-order valence-electron chi connectivity index (χ0n) is 13.8. The van der Waals surface area contributed by atoms with Crippen molar-refractivity contribution in [2.24, 2.45) is 13.0 Å². The van der Waals surface area contributed by atoms with E-state index in [1.165, 1.54) is 12.8 Å². The van der Waals surface area contributed by atoms with E-state index in [-0.39, 0.29) is 0 Å². The van der Waals surface area contributed by atoms with Gasteiger partial charge in [-0.05, 0) is 45.3 Å². The molecule has 0 spiro atoms. The van der Waals surface area contributed by atoms with Crippen LogP contribution in [0.25, 0.3) is 16.8 Å². The molecule has 3 aromatic heterocycles. The number of nitrogens with zero attached hydrogens (tertiary/aromatic N) is 6. The van der Waals surface area contributed by atoms with Gasteiger partial charge >= 0.3 is 0 Å². The monoisotopic (exact) mass is 310 g/mol. The van der Waals surface area contributed by atoms with E-state index in [1.54, 1.807) is 4.68 Å². The second-order valence-electron chi connectivity index (χ2n) is 6.80. The van der Waals surface area contributed by atoms with Gasteiger partial charge < -0.3 is 4.90 Å². The molecule has 0 bridgehead atoms. The molecular weight excluding hydrogens is 288 g/mol. The highest BCUT2D eigenvalue weighted by Gasteiger charge is 2.31. The van der Waals surface area contributed by atoms with Crippen LogP contribution in [-0.2, 0) is 13.5 Å². The van der Waals surface area contributed by atoms with Gasteiger partial charge in [0.15, 0.2) is 0 Å². The summed E-state index contributed by atoms with van der Waals surface area (Å²) in [6.07, 6.45) is 11.2. The molecule has 1 aliphatic rings. The van der Waals surface area contributed by atoms with E-state index in [0.717, 1.165) is 40.8 Å². The largest absolute Gasteiger partial charge is 0.306 e. The average molecular weight is 310 g/mol. The van der Waals surface area contributed by atoms with Gasteiger partial charge in [-0.25, -0.2) is 9.50 Å². The van der Waals surface area contributed by atoms with Crippen LogP contribution in [0, 0.1) is 5.92 Å². The molecule has 1 saturated carbocycles. The van der Waals surface area contributed by atoms with E-state index in [0.29, 0.717) is 0 Å². The fourth-order valence-electron chi connectivity index (χ4n) is 3.40. The number of hydrogen-bond acceptors (Lipinski definition) is 4. The van der Waals surface area contributed by atoms with E-state index in [4.69, 9.17) is 4.98 Å². The van der Waals surface area contributed by atoms with E-state index >= 15 is 0 Å². The Bertz CT molecular complexity index is 825. The molecule has 6 nitrogen and oxygen atoms in total. The van der Waals surface area contributed by atoms with Crippen LogP contribution in [0.4, 0.5) is 0 Å². The normalized spacial score (nSPS) is 21.0. The van der Waals surface area contributed by atoms with Crippen LogP contribution < -0.4 is 0 Å². The number of aromatic nitrogens is 5. The molecule has 0 radical (unpaired) electrons. The van der Waals surface area contributed by atoms with E-state index < -0.39 is 0 Å². The van der Waals surface area contributed by atoms with Crippen molar-refractivity contribution in [3.05, 3.63) is 36.5 Å². The molecule has 0 saturated heterocycles. The Morgan fingerprint density at radius 2 is 2.04 bits per heavy atom. The van der Waals surface area contributed by atoms with Gasteiger partial charge in [-0.15, -0.1) is 0 Å². The molecule has 3 aromatic rings. The molecule has 6 heteroatoms. The first-order valence-electron chi connectivity index (χ1n) is 8.09. The molecule has 0 aliphatic heterocycles. The third-order valence-corrected chi connectivity index (χ3v) is 4.89. The predicted molar refractivity (Wildman–Crippen MR) is 89.1 cm³/mol. The third kappa shape index (κ3) is 2.63. The van der Waals surface area contributed by atoms with Crippen LogP contribution >= 0.6 is 0 Å². The molecule has 1 aliphatic carbocycles. The Balaban J connectivity index is 1.64. The van der Waals surface area contributed by atoms with E-state index in [2.05, 4.69) is 35.3 Å². The van der Waals surface area contributed by atoms with Crippen molar-refractivity contribution in [2.45, 2.75) is 25.3 Å². The maximum absolute atomic E-state index is 4.92. The van der Waals surface area contributed by atoms with Crippen molar-refractivity contribution in [2.75, 3.05) is 14.1 Å². The van der Waals surface area contributed by atoms with Gasteiger partial charge in [0.25, 0.3) is 0 Å². The Kier molecular flexibility index (Phi) is 3.41. The summed E-state index contributed by atoms with van der Waals surface area (Å²) in [6, 6.07) is 2.78. The molecule has 0 amide bonds. The minimum Gasteiger partial charge on any atom is -0.306 e. The summed E-state index contributed by atoms with van der Waals surface area (Å²) in [5.74, 6) is 0.720. The van der Waals surface area contributed by atoms with Gasteiger partial charge in [0.1, 0.15) is 0 Å². The lowest BCUT2D eigenvalue weighted by Gasteiger charge is -2.39. The van der Waals surface area contributed by atoms with Crippen molar-refractivity contribution >= 4 is 5.52 Å². The van der Waals surface area contributed by atoms with E-state index in [1.807, 2.05) is 36.4 Å². The second-order valence-corrected chi connectivity index (χ2v) is 6.80. The summed E-state index contributed by atoms with van der Waals surface area (Å²) in [4.78, 5) is 7.24. The molecule has 23 heavy (non-hydrogen) atoms. The topological polar surface area (TPSA) is 51.2 Å². The van der Waals surface area contributed by atoms with Crippen molar-refractivity contribution in [1.82, 2.24) is 29.3 Å². The highest BCUT2D eigenvalue weighted by atomic mass is 15.2. The summed E-state index contributed by atoms with van der Waals surface area (Å²) < 4.78 is 3.74. The predicted octanol–water partition coefficient (Wildman–Crippen LogP) is 2.01.